The Kier molecular flexibility index (Phi) is 4.07. The molecule has 0 N–H and O–H groups in total. The molecule has 0 radical (unpaired) electrons. The van der Waals surface area contributed by atoms with Crippen LogP contribution in [-0.2, 0) is 19.5 Å². The number of hydrogen-bond acceptors (Lipinski definition) is 5. The first-order valence-corrected chi connectivity index (χ1v) is 9.17. The summed E-state index contributed by atoms with van der Waals surface area (Å²) in [4.78, 5) is 20.7. The van der Waals surface area contributed by atoms with E-state index in [2.05, 4.69) is 39.1 Å². The number of rotatable bonds is 3. The molecule has 1 aromatic carbocycles. The fourth-order valence-corrected chi connectivity index (χ4v) is 3.57. The van der Waals surface area contributed by atoms with Crippen molar-refractivity contribution in [3.8, 4) is 11.4 Å². The molecule has 0 amide bonds. The zero-order valence-electron chi connectivity index (χ0n) is 14.9. The summed E-state index contributed by atoms with van der Waals surface area (Å²) in [5.41, 5.74) is 5.46. The maximum atomic E-state index is 4.80. The minimum atomic E-state index is 0.756. The van der Waals surface area contributed by atoms with Crippen molar-refractivity contribution in [3.05, 3.63) is 84.1 Å². The maximum Gasteiger partial charge on any atom is 0.160 e. The van der Waals surface area contributed by atoms with Gasteiger partial charge in [-0.05, 0) is 24.3 Å². The molecule has 0 saturated heterocycles. The molecule has 0 unspecified atom stereocenters. The molecule has 132 valence electrons. The van der Waals surface area contributed by atoms with E-state index in [9.17, 15) is 0 Å². The van der Waals surface area contributed by atoms with Gasteiger partial charge in [-0.15, -0.1) is 0 Å². The van der Waals surface area contributed by atoms with Crippen LogP contribution in [0.25, 0.3) is 22.3 Å². The topological polar surface area (TPSA) is 54.8 Å². The van der Waals surface area contributed by atoms with Crippen molar-refractivity contribution in [2.24, 2.45) is 0 Å². The second-order valence-electron chi connectivity index (χ2n) is 6.86. The highest BCUT2D eigenvalue weighted by Gasteiger charge is 2.19. The van der Waals surface area contributed by atoms with E-state index in [4.69, 9.17) is 9.97 Å². The van der Waals surface area contributed by atoms with E-state index >= 15 is 0 Å². The summed E-state index contributed by atoms with van der Waals surface area (Å²) < 4.78 is 0. The van der Waals surface area contributed by atoms with Gasteiger partial charge in [-0.3, -0.25) is 14.9 Å². The Balaban J connectivity index is 1.34. The highest BCUT2D eigenvalue weighted by atomic mass is 15.1. The van der Waals surface area contributed by atoms with E-state index in [1.807, 2.05) is 36.7 Å². The number of aromatic nitrogens is 4. The molecular formula is C22H19N5. The zero-order chi connectivity index (χ0) is 18.1. The fraction of sp³-hybridized carbons (Fsp3) is 0.182. The average molecular weight is 353 g/mol. The number of hydrogen-bond donors (Lipinski definition) is 0. The van der Waals surface area contributed by atoms with Gasteiger partial charge in [-0.1, -0.05) is 24.3 Å². The predicted molar refractivity (Wildman–Crippen MR) is 105 cm³/mol. The Morgan fingerprint density at radius 1 is 0.926 bits per heavy atom. The van der Waals surface area contributed by atoms with Gasteiger partial charge in [0.15, 0.2) is 5.82 Å². The van der Waals surface area contributed by atoms with Crippen LogP contribution in [0.15, 0.2) is 67.1 Å². The second kappa shape index (κ2) is 6.85. The molecule has 1 aliphatic heterocycles. The van der Waals surface area contributed by atoms with Gasteiger partial charge < -0.3 is 0 Å². The van der Waals surface area contributed by atoms with Crippen LogP contribution < -0.4 is 0 Å². The third kappa shape index (κ3) is 3.29. The van der Waals surface area contributed by atoms with Crippen molar-refractivity contribution in [2.45, 2.75) is 19.5 Å². The molecule has 5 heteroatoms. The second-order valence-corrected chi connectivity index (χ2v) is 6.86. The van der Waals surface area contributed by atoms with Crippen LogP contribution in [0, 0.1) is 0 Å². The molecule has 0 fully saturated rings. The third-order valence-electron chi connectivity index (χ3n) is 4.97. The lowest BCUT2D eigenvalue weighted by Gasteiger charge is -2.27. The van der Waals surface area contributed by atoms with Crippen LogP contribution in [-0.4, -0.2) is 31.4 Å². The monoisotopic (exact) mass is 353 g/mol. The van der Waals surface area contributed by atoms with Crippen LogP contribution in [0.5, 0.6) is 0 Å². The predicted octanol–water partition coefficient (Wildman–Crippen LogP) is 3.65. The van der Waals surface area contributed by atoms with Crippen molar-refractivity contribution in [1.29, 1.82) is 0 Å². The van der Waals surface area contributed by atoms with Gasteiger partial charge >= 0.3 is 0 Å². The molecule has 0 saturated carbocycles. The van der Waals surface area contributed by atoms with E-state index in [1.165, 1.54) is 10.9 Å². The first kappa shape index (κ1) is 16.0. The quantitative estimate of drug-likeness (QED) is 0.563. The summed E-state index contributed by atoms with van der Waals surface area (Å²) in [7, 11) is 0. The van der Waals surface area contributed by atoms with Crippen LogP contribution in [0.3, 0.4) is 0 Å². The Morgan fingerprint density at radius 3 is 2.81 bits per heavy atom. The summed E-state index contributed by atoms with van der Waals surface area (Å²) in [6, 6.07) is 16.4. The van der Waals surface area contributed by atoms with Crippen LogP contribution in [0.2, 0.25) is 0 Å². The maximum absolute atomic E-state index is 4.80. The minimum Gasteiger partial charge on any atom is -0.293 e. The Bertz CT molecular complexity index is 1090. The number of benzene rings is 1. The van der Waals surface area contributed by atoms with Gasteiger partial charge in [0.2, 0.25) is 0 Å². The van der Waals surface area contributed by atoms with Crippen LogP contribution in [0.4, 0.5) is 0 Å². The third-order valence-corrected chi connectivity index (χ3v) is 4.97. The Morgan fingerprint density at radius 2 is 1.89 bits per heavy atom. The zero-order valence-corrected chi connectivity index (χ0v) is 14.9. The van der Waals surface area contributed by atoms with Crippen LogP contribution >= 0.6 is 0 Å². The van der Waals surface area contributed by atoms with Gasteiger partial charge in [0, 0.05) is 61.2 Å². The standard InChI is InChI=1S/C22H19N5/c1-2-6-20-16(4-1)7-8-19(25-20)15-27-11-9-21-18(14-27)13-24-22(26-21)17-5-3-10-23-12-17/h1-8,10,12-13H,9,11,14-15H2. The molecule has 27 heavy (non-hydrogen) atoms. The van der Waals surface area contributed by atoms with Crippen molar-refractivity contribution in [2.75, 3.05) is 6.54 Å². The summed E-state index contributed by atoms with van der Waals surface area (Å²) in [5, 5.41) is 1.18. The number of nitrogens with zero attached hydrogens (tertiary/aromatic N) is 5. The van der Waals surface area contributed by atoms with Crippen molar-refractivity contribution >= 4 is 10.9 Å². The van der Waals surface area contributed by atoms with Gasteiger partial charge in [-0.2, -0.15) is 0 Å². The van der Waals surface area contributed by atoms with Crippen molar-refractivity contribution < 1.29 is 0 Å². The Labute approximate surface area is 157 Å². The van der Waals surface area contributed by atoms with E-state index in [1.54, 1.807) is 6.20 Å². The van der Waals surface area contributed by atoms with Crippen LogP contribution in [0.1, 0.15) is 17.0 Å². The summed E-state index contributed by atoms with van der Waals surface area (Å²) in [6.07, 6.45) is 6.46. The van der Waals surface area contributed by atoms with Crippen molar-refractivity contribution in [1.82, 2.24) is 24.8 Å². The highest BCUT2D eigenvalue weighted by Crippen LogP contribution is 2.22. The molecule has 5 nitrogen and oxygen atoms in total. The van der Waals surface area contributed by atoms with Gasteiger partial charge in [0.1, 0.15) is 0 Å². The average Bonchev–Trinajstić information content (AvgIpc) is 2.74. The smallest absolute Gasteiger partial charge is 0.160 e. The lowest BCUT2D eigenvalue weighted by atomic mass is 10.1. The fourth-order valence-electron chi connectivity index (χ4n) is 3.57. The number of para-hydroxylation sites is 1. The van der Waals surface area contributed by atoms with Gasteiger partial charge in [0.25, 0.3) is 0 Å². The minimum absolute atomic E-state index is 0.756. The first-order valence-electron chi connectivity index (χ1n) is 9.17. The molecule has 4 heterocycles. The van der Waals surface area contributed by atoms with E-state index in [-0.39, 0.29) is 0 Å². The highest BCUT2D eigenvalue weighted by molar-refractivity contribution is 5.78. The molecule has 1 aliphatic rings. The lowest BCUT2D eigenvalue weighted by molar-refractivity contribution is 0.240. The van der Waals surface area contributed by atoms with E-state index in [0.29, 0.717) is 0 Å². The molecule has 0 atom stereocenters. The van der Waals surface area contributed by atoms with E-state index < -0.39 is 0 Å². The largest absolute Gasteiger partial charge is 0.293 e. The molecule has 0 spiro atoms. The molecule has 0 aliphatic carbocycles. The van der Waals surface area contributed by atoms with E-state index in [0.717, 1.165) is 54.3 Å². The molecule has 0 bridgehead atoms. The molecule has 5 rings (SSSR count). The molecule has 4 aromatic rings. The van der Waals surface area contributed by atoms with Crippen molar-refractivity contribution in [3.63, 3.8) is 0 Å². The number of pyridine rings is 2. The van der Waals surface area contributed by atoms with Gasteiger partial charge in [-0.25, -0.2) is 9.97 Å². The number of fused-ring (bicyclic) bond motifs is 2. The van der Waals surface area contributed by atoms with Gasteiger partial charge in [0.05, 0.1) is 16.9 Å². The lowest BCUT2D eigenvalue weighted by Crippen LogP contribution is -2.31. The SMILES string of the molecule is c1cncc(-c2ncc3c(n2)CCN(Cc2ccc4ccccc4n2)C3)c1. The summed E-state index contributed by atoms with van der Waals surface area (Å²) in [5.74, 6) is 0.756. The normalized spacial score (nSPS) is 14.2. The first-order chi connectivity index (χ1) is 13.3. The molecule has 3 aromatic heterocycles. The molecular weight excluding hydrogens is 334 g/mol. The summed E-state index contributed by atoms with van der Waals surface area (Å²) in [6.45, 7) is 2.68. The Hall–Kier alpha value is -3.18. The summed E-state index contributed by atoms with van der Waals surface area (Å²) >= 11 is 0.